The van der Waals surface area contributed by atoms with Crippen LogP contribution in [0.2, 0.25) is 0 Å². The number of rotatable bonds is 3. The van der Waals surface area contributed by atoms with Gasteiger partial charge in [0.1, 0.15) is 7.11 Å². The summed E-state index contributed by atoms with van der Waals surface area (Å²) in [5.41, 5.74) is 2.27. The first-order valence-corrected chi connectivity index (χ1v) is 4.81. The van der Waals surface area contributed by atoms with E-state index in [1.165, 1.54) is 7.11 Å². The van der Waals surface area contributed by atoms with Gasteiger partial charge in [0.15, 0.2) is 0 Å². The molecule has 0 spiro atoms. The maximum absolute atomic E-state index is 8.97. The summed E-state index contributed by atoms with van der Waals surface area (Å²) < 4.78 is 0. The van der Waals surface area contributed by atoms with Crippen molar-refractivity contribution in [2.24, 2.45) is 11.1 Å². The van der Waals surface area contributed by atoms with Crippen molar-refractivity contribution in [1.29, 1.82) is 5.26 Å². The quantitative estimate of drug-likeness (QED) is 0.558. The molecule has 1 aromatic rings. The van der Waals surface area contributed by atoms with E-state index in [4.69, 9.17) is 10.1 Å². The topological polar surface area (TPSA) is 45.4 Å². The zero-order valence-corrected chi connectivity index (χ0v) is 9.19. The number of nitrogens with zero attached hydrogens (tertiary/aromatic N) is 2. The highest BCUT2D eigenvalue weighted by Crippen LogP contribution is 2.14. The molecule has 1 rings (SSSR count). The first-order chi connectivity index (χ1) is 7.20. The summed E-state index contributed by atoms with van der Waals surface area (Å²) in [6.07, 6.45) is 0. The number of benzene rings is 1. The molecule has 1 aromatic carbocycles. The average Bonchev–Trinajstić information content (AvgIpc) is 2.25. The normalized spacial score (nSPS) is 11.3. The largest absolute Gasteiger partial charge is 0.399 e. The number of nitriles is 1. The Morgan fingerprint density at radius 1 is 1.40 bits per heavy atom. The van der Waals surface area contributed by atoms with Crippen LogP contribution in [0.4, 0.5) is 0 Å². The summed E-state index contributed by atoms with van der Waals surface area (Å²) in [4.78, 5) is 4.80. The molecule has 0 aliphatic rings. The summed E-state index contributed by atoms with van der Waals surface area (Å²) in [7, 11) is 1.51. The molecule has 0 saturated heterocycles. The van der Waals surface area contributed by atoms with Crippen molar-refractivity contribution >= 4 is 5.71 Å². The van der Waals surface area contributed by atoms with E-state index in [0.29, 0.717) is 5.56 Å². The second-order valence-electron chi connectivity index (χ2n) is 3.47. The monoisotopic (exact) mass is 202 g/mol. The predicted octanol–water partition coefficient (Wildman–Crippen LogP) is 2.56. The Bertz CT molecular complexity index is 402. The van der Waals surface area contributed by atoms with Crippen LogP contribution in [0.15, 0.2) is 29.4 Å². The third kappa shape index (κ3) is 2.57. The van der Waals surface area contributed by atoms with Crippen molar-refractivity contribution < 1.29 is 4.84 Å². The summed E-state index contributed by atoms with van der Waals surface area (Å²) in [6.45, 7) is 4.04. The van der Waals surface area contributed by atoms with Crippen molar-refractivity contribution in [2.45, 2.75) is 13.8 Å². The minimum atomic E-state index is 0.222. The van der Waals surface area contributed by atoms with E-state index in [9.17, 15) is 0 Å². The Hall–Kier alpha value is -1.82. The van der Waals surface area contributed by atoms with Gasteiger partial charge in [-0.25, -0.2) is 0 Å². The summed E-state index contributed by atoms with van der Waals surface area (Å²) >= 11 is 0. The van der Waals surface area contributed by atoms with Crippen molar-refractivity contribution in [3.05, 3.63) is 35.4 Å². The molecule has 0 radical (unpaired) electrons. The van der Waals surface area contributed by atoms with E-state index >= 15 is 0 Å². The molecule has 0 atom stereocenters. The molecule has 15 heavy (non-hydrogen) atoms. The van der Waals surface area contributed by atoms with Crippen LogP contribution in [0.5, 0.6) is 0 Å². The van der Waals surface area contributed by atoms with Gasteiger partial charge in [0.25, 0.3) is 0 Å². The molecule has 0 amide bonds. The fraction of sp³-hybridized carbons (Fsp3) is 0.333. The van der Waals surface area contributed by atoms with Gasteiger partial charge in [-0.05, 0) is 12.0 Å². The first-order valence-electron chi connectivity index (χ1n) is 4.81. The van der Waals surface area contributed by atoms with Crippen molar-refractivity contribution in [2.75, 3.05) is 7.11 Å². The van der Waals surface area contributed by atoms with Crippen LogP contribution >= 0.6 is 0 Å². The van der Waals surface area contributed by atoms with Crippen LogP contribution in [-0.4, -0.2) is 12.8 Å². The Labute approximate surface area is 90.0 Å². The Morgan fingerprint density at radius 3 is 2.60 bits per heavy atom. The highest BCUT2D eigenvalue weighted by Gasteiger charge is 2.12. The van der Waals surface area contributed by atoms with Crippen molar-refractivity contribution in [3.63, 3.8) is 0 Å². The molecule has 0 unspecified atom stereocenters. The van der Waals surface area contributed by atoms with Gasteiger partial charge in [0.05, 0.1) is 17.3 Å². The molecule has 0 heterocycles. The van der Waals surface area contributed by atoms with E-state index in [-0.39, 0.29) is 5.92 Å². The van der Waals surface area contributed by atoms with Crippen LogP contribution < -0.4 is 0 Å². The van der Waals surface area contributed by atoms with E-state index in [2.05, 4.69) is 11.2 Å². The van der Waals surface area contributed by atoms with E-state index < -0.39 is 0 Å². The van der Waals surface area contributed by atoms with E-state index in [1.807, 2.05) is 32.0 Å². The van der Waals surface area contributed by atoms with Crippen LogP contribution in [0.1, 0.15) is 25.0 Å². The fourth-order valence-electron chi connectivity index (χ4n) is 1.37. The first kappa shape index (κ1) is 11.3. The maximum Gasteiger partial charge on any atom is 0.106 e. The van der Waals surface area contributed by atoms with E-state index in [1.54, 1.807) is 6.07 Å². The van der Waals surface area contributed by atoms with Crippen LogP contribution in [0, 0.1) is 17.2 Å². The van der Waals surface area contributed by atoms with Gasteiger partial charge in [-0.15, -0.1) is 0 Å². The SMILES string of the molecule is CON=C(c1ccccc1C#N)C(C)C. The van der Waals surface area contributed by atoms with Crippen LogP contribution in [0.3, 0.4) is 0 Å². The number of hydrogen-bond acceptors (Lipinski definition) is 3. The second-order valence-corrected chi connectivity index (χ2v) is 3.47. The van der Waals surface area contributed by atoms with Gasteiger partial charge in [-0.3, -0.25) is 0 Å². The van der Waals surface area contributed by atoms with Gasteiger partial charge >= 0.3 is 0 Å². The highest BCUT2D eigenvalue weighted by molar-refractivity contribution is 6.03. The minimum Gasteiger partial charge on any atom is -0.399 e. The van der Waals surface area contributed by atoms with Gasteiger partial charge < -0.3 is 4.84 Å². The Balaban J connectivity index is 3.24. The molecule has 78 valence electrons. The van der Waals surface area contributed by atoms with E-state index in [0.717, 1.165) is 11.3 Å². The van der Waals surface area contributed by atoms with Gasteiger partial charge in [0.2, 0.25) is 0 Å². The lowest BCUT2D eigenvalue weighted by atomic mass is 9.96. The zero-order valence-electron chi connectivity index (χ0n) is 9.19. The van der Waals surface area contributed by atoms with Crippen LogP contribution in [0.25, 0.3) is 0 Å². The summed E-state index contributed by atoms with van der Waals surface area (Å²) in [5, 5.41) is 12.9. The third-order valence-electron chi connectivity index (χ3n) is 2.06. The number of oxime groups is 1. The summed E-state index contributed by atoms with van der Waals surface area (Å²) in [6, 6.07) is 9.55. The molecule has 0 aliphatic heterocycles. The van der Waals surface area contributed by atoms with Gasteiger partial charge in [-0.1, -0.05) is 37.2 Å². The van der Waals surface area contributed by atoms with Crippen molar-refractivity contribution in [3.8, 4) is 6.07 Å². The third-order valence-corrected chi connectivity index (χ3v) is 2.06. The Kier molecular flexibility index (Phi) is 3.87. The molecule has 0 N–H and O–H groups in total. The fourth-order valence-corrected chi connectivity index (χ4v) is 1.37. The lowest BCUT2D eigenvalue weighted by molar-refractivity contribution is 0.212. The maximum atomic E-state index is 8.97. The molecule has 0 fully saturated rings. The Morgan fingerprint density at radius 2 is 2.07 bits per heavy atom. The van der Waals surface area contributed by atoms with Gasteiger partial charge in [0, 0.05) is 5.56 Å². The minimum absolute atomic E-state index is 0.222. The highest BCUT2D eigenvalue weighted by atomic mass is 16.6. The molecule has 0 aliphatic carbocycles. The zero-order chi connectivity index (χ0) is 11.3. The molecule has 0 saturated carbocycles. The average molecular weight is 202 g/mol. The van der Waals surface area contributed by atoms with Crippen LogP contribution in [-0.2, 0) is 4.84 Å². The second kappa shape index (κ2) is 5.16. The molecule has 0 bridgehead atoms. The molecule has 3 nitrogen and oxygen atoms in total. The summed E-state index contributed by atoms with van der Waals surface area (Å²) in [5.74, 6) is 0.222. The standard InChI is InChI=1S/C12H14N2O/c1-9(2)12(14-15-3)11-7-5-4-6-10(11)8-13/h4-7,9H,1-3H3. The van der Waals surface area contributed by atoms with Gasteiger partial charge in [-0.2, -0.15) is 5.26 Å². The smallest absolute Gasteiger partial charge is 0.106 e. The molecule has 0 aromatic heterocycles. The predicted molar refractivity (Wildman–Crippen MR) is 59.5 cm³/mol. The molecular weight excluding hydrogens is 188 g/mol. The molecule has 3 heteroatoms. The lowest BCUT2D eigenvalue weighted by Gasteiger charge is -2.10. The lowest BCUT2D eigenvalue weighted by Crippen LogP contribution is -2.11. The number of hydrogen-bond donors (Lipinski definition) is 0. The molecular formula is C12H14N2O. The van der Waals surface area contributed by atoms with Crippen molar-refractivity contribution in [1.82, 2.24) is 0 Å².